The number of hydrogen-bond donors (Lipinski definition) is 0. The Morgan fingerprint density at radius 3 is 1.28 bits per heavy atom. The van der Waals surface area contributed by atoms with Gasteiger partial charge in [0.25, 0.3) is 0 Å². The molecule has 0 spiro atoms. The minimum atomic E-state index is -2.63. The summed E-state index contributed by atoms with van der Waals surface area (Å²) in [5, 5.41) is 0. The van der Waals surface area contributed by atoms with Crippen molar-refractivity contribution in [1.29, 1.82) is 0 Å². The van der Waals surface area contributed by atoms with E-state index in [4.69, 9.17) is 0 Å². The molecule has 2 aromatic carbocycles. The molecule has 1 aliphatic carbocycles. The van der Waals surface area contributed by atoms with Crippen LogP contribution < -0.4 is 0 Å². The molecule has 0 bridgehead atoms. The first-order valence-electron chi connectivity index (χ1n) is 8.51. The highest BCUT2D eigenvalue weighted by molar-refractivity contribution is 6.09. The molecule has 0 aromatic heterocycles. The summed E-state index contributed by atoms with van der Waals surface area (Å²) in [7, 11) is 0. The number of ketones is 1. The van der Waals surface area contributed by atoms with Gasteiger partial charge in [-0.1, -0.05) is 19.3 Å². The number of benzene rings is 2. The zero-order valence-corrected chi connectivity index (χ0v) is 14.4. The molecular weight excluding hydrogens is 415 g/mol. The molecule has 0 amide bonds. The van der Waals surface area contributed by atoms with Crippen molar-refractivity contribution in [2.75, 3.05) is 0 Å². The van der Waals surface area contributed by atoms with Gasteiger partial charge in [-0.3, -0.25) is 4.79 Å². The van der Waals surface area contributed by atoms with Crippen molar-refractivity contribution in [3.05, 3.63) is 69.0 Å². The Balaban J connectivity index is 2.22. The Labute approximate surface area is 158 Å². The van der Waals surface area contributed by atoms with Gasteiger partial charge < -0.3 is 0 Å². The first-order chi connectivity index (χ1) is 13.6. The lowest BCUT2D eigenvalue weighted by Gasteiger charge is -2.24. The summed E-state index contributed by atoms with van der Waals surface area (Å²) >= 11 is 0. The standard InChI is InChI=1S/C19H11F9O/c20-10-7(6-4-2-1-3-5-6)11(21)13(23)8(12(10)22)19(29)9-14(24)16(26)18(28)17(27)15(9)25/h6H,1-5H2. The first kappa shape index (κ1) is 21.2. The summed E-state index contributed by atoms with van der Waals surface area (Å²) in [6, 6.07) is 0. The highest BCUT2D eigenvalue weighted by Crippen LogP contribution is 2.39. The van der Waals surface area contributed by atoms with Crippen molar-refractivity contribution in [3.8, 4) is 0 Å². The van der Waals surface area contributed by atoms with Crippen LogP contribution >= 0.6 is 0 Å². The van der Waals surface area contributed by atoms with Gasteiger partial charge in [-0.2, -0.15) is 0 Å². The normalized spacial score (nSPS) is 15.1. The molecule has 0 heterocycles. The predicted octanol–water partition coefficient (Wildman–Crippen LogP) is 6.22. The second kappa shape index (κ2) is 7.72. The second-order valence-corrected chi connectivity index (χ2v) is 6.65. The van der Waals surface area contributed by atoms with E-state index in [2.05, 4.69) is 0 Å². The molecule has 0 atom stereocenters. The van der Waals surface area contributed by atoms with Crippen LogP contribution in [0.15, 0.2) is 0 Å². The topological polar surface area (TPSA) is 17.1 Å². The highest BCUT2D eigenvalue weighted by Gasteiger charge is 2.37. The zero-order chi connectivity index (χ0) is 21.6. The quantitative estimate of drug-likeness (QED) is 0.247. The van der Waals surface area contributed by atoms with E-state index in [0.29, 0.717) is 12.8 Å². The molecular formula is C19H11F9O. The van der Waals surface area contributed by atoms with Gasteiger partial charge in [-0.15, -0.1) is 0 Å². The van der Waals surface area contributed by atoms with Crippen molar-refractivity contribution in [2.45, 2.75) is 38.0 Å². The van der Waals surface area contributed by atoms with E-state index in [1.165, 1.54) is 0 Å². The van der Waals surface area contributed by atoms with E-state index in [1.54, 1.807) is 0 Å². The van der Waals surface area contributed by atoms with Crippen LogP contribution in [0.2, 0.25) is 0 Å². The average Bonchev–Trinajstić information content (AvgIpc) is 2.70. The summed E-state index contributed by atoms with van der Waals surface area (Å²) in [5.74, 6) is -24.8. The van der Waals surface area contributed by atoms with Crippen LogP contribution in [0.5, 0.6) is 0 Å². The summed E-state index contributed by atoms with van der Waals surface area (Å²) in [4.78, 5) is 12.2. The zero-order valence-electron chi connectivity index (χ0n) is 14.4. The molecule has 10 heteroatoms. The number of hydrogen-bond acceptors (Lipinski definition) is 1. The molecule has 1 saturated carbocycles. The van der Waals surface area contributed by atoms with Crippen LogP contribution in [-0.2, 0) is 0 Å². The van der Waals surface area contributed by atoms with Crippen LogP contribution in [0.25, 0.3) is 0 Å². The molecule has 0 aliphatic heterocycles. The maximum atomic E-state index is 14.5. The van der Waals surface area contributed by atoms with E-state index < -0.39 is 80.7 Å². The van der Waals surface area contributed by atoms with E-state index in [1.807, 2.05) is 0 Å². The van der Waals surface area contributed by atoms with Gasteiger partial charge in [0, 0.05) is 5.56 Å². The van der Waals surface area contributed by atoms with Crippen molar-refractivity contribution in [2.24, 2.45) is 0 Å². The Hall–Kier alpha value is -2.52. The molecule has 156 valence electrons. The summed E-state index contributed by atoms with van der Waals surface area (Å²) < 4.78 is 125. The minimum Gasteiger partial charge on any atom is -0.288 e. The third kappa shape index (κ3) is 3.28. The fourth-order valence-electron chi connectivity index (χ4n) is 3.53. The van der Waals surface area contributed by atoms with Gasteiger partial charge in [0.15, 0.2) is 46.5 Å². The van der Waals surface area contributed by atoms with Crippen LogP contribution in [0.3, 0.4) is 0 Å². The number of carbonyl (C=O) groups excluding carboxylic acids is 1. The van der Waals surface area contributed by atoms with Gasteiger partial charge in [0.2, 0.25) is 11.6 Å². The Morgan fingerprint density at radius 2 is 0.862 bits per heavy atom. The fraction of sp³-hybridized carbons (Fsp3) is 0.316. The lowest BCUT2D eigenvalue weighted by molar-refractivity contribution is 0.101. The fourth-order valence-corrected chi connectivity index (χ4v) is 3.53. The monoisotopic (exact) mass is 426 g/mol. The SMILES string of the molecule is O=C(c1c(F)c(F)c(F)c(F)c1F)c1c(F)c(F)c(C2CCCCC2)c(F)c1F. The van der Waals surface area contributed by atoms with Crippen molar-refractivity contribution in [1.82, 2.24) is 0 Å². The highest BCUT2D eigenvalue weighted by atomic mass is 19.2. The molecule has 0 N–H and O–H groups in total. The number of carbonyl (C=O) groups is 1. The first-order valence-corrected chi connectivity index (χ1v) is 8.51. The summed E-state index contributed by atoms with van der Waals surface area (Å²) in [5.41, 5.74) is -5.25. The molecule has 1 nitrogen and oxygen atoms in total. The van der Waals surface area contributed by atoms with Crippen molar-refractivity contribution < 1.29 is 44.3 Å². The van der Waals surface area contributed by atoms with Gasteiger partial charge in [0.1, 0.15) is 11.1 Å². The van der Waals surface area contributed by atoms with Crippen LogP contribution in [-0.4, -0.2) is 5.78 Å². The Kier molecular flexibility index (Phi) is 5.64. The third-order valence-corrected chi connectivity index (χ3v) is 4.97. The second-order valence-electron chi connectivity index (χ2n) is 6.65. The third-order valence-electron chi connectivity index (χ3n) is 4.97. The van der Waals surface area contributed by atoms with E-state index >= 15 is 0 Å². The molecule has 1 aliphatic rings. The van der Waals surface area contributed by atoms with Crippen LogP contribution in [0.4, 0.5) is 39.5 Å². The van der Waals surface area contributed by atoms with Crippen LogP contribution in [0.1, 0.15) is 59.5 Å². The lowest BCUT2D eigenvalue weighted by Crippen LogP contribution is -2.20. The smallest absolute Gasteiger partial charge is 0.205 e. The van der Waals surface area contributed by atoms with E-state index in [0.717, 1.165) is 6.42 Å². The van der Waals surface area contributed by atoms with Gasteiger partial charge in [-0.25, -0.2) is 39.5 Å². The molecule has 2 aromatic rings. The van der Waals surface area contributed by atoms with E-state index in [9.17, 15) is 44.3 Å². The largest absolute Gasteiger partial charge is 0.288 e. The molecule has 3 rings (SSSR count). The maximum absolute atomic E-state index is 14.5. The number of rotatable bonds is 3. The lowest BCUT2D eigenvalue weighted by atomic mass is 9.82. The Morgan fingerprint density at radius 1 is 0.517 bits per heavy atom. The summed E-state index contributed by atoms with van der Waals surface area (Å²) in [6.07, 6.45) is 2.27. The van der Waals surface area contributed by atoms with Gasteiger partial charge in [0.05, 0.1) is 0 Å². The molecule has 1 fully saturated rings. The predicted molar refractivity (Wildman–Crippen MR) is 81.8 cm³/mol. The van der Waals surface area contributed by atoms with Crippen molar-refractivity contribution >= 4 is 5.78 Å². The average molecular weight is 426 g/mol. The Bertz CT molecular complexity index is 952. The molecule has 0 saturated heterocycles. The molecule has 0 radical (unpaired) electrons. The summed E-state index contributed by atoms with van der Waals surface area (Å²) in [6.45, 7) is 0. The minimum absolute atomic E-state index is 0.220. The van der Waals surface area contributed by atoms with Gasteiger partial charge >= 0.3 is 0 Å². The van der Waals surface area contributed by atoms with Gasteiger partial charge in [-0.05, 0) is 18.8 Å². The maximum Gasteiger partial charge on any atom is 0.205 e. The van der Waals surface area contributed by atoms with E-state index in [-0.39, 0.29) is 12.8 Å². The molecule has 0 unspecified atom stereocenters. The van der Waals surface area contributed by atoms with Crippen molar-refractivity contribution in [3.63, 3.8) is 0 Å². The van der Waals surface area contributed by atoms with Crippen LogP contribution in [0, 0.1) is 52.4 Å². The molecule has 29 heavy (non-hydrogen) atoms. The number of halogens is 9.